The van der Waals surface area contributed by atoms with Crippen LogP contribution in [0.2, 0.25) is 0 Å². The average Bonchev–Trinajstić information content (AvgIpc) is 3.08. The summed E-state index contributed by atoms with van der Waals surface area (Å²) in [5.41, 5.74) is 1.37. The van der Waals surface area contributed by atoms with Crippen LogP contribution >= 0.6 is 0 Å². The number of amides is 1. The summed E-state index contributed by atoms with van der Waals surface area (Å²) in [5.74, 6) is 0.234. The van der Waals surface area contributed by atoms with Crippen LogP contribution in [0.4, 0.5) is 5.69 Å². The first-order chi connectivity index (χ1) is 12.9. The van der Waals surface area contributed by atoms with Gasteiger partial charge in [0, 0.05) is 18.8 Å². The molecule has 1 saturated heterocycles. The van der Waals surface area contributed by atoms with Crippen molar-refractivity contribution in [3.63, 3.8) is 0 Å². The van der Waals surface area contributed by atoms with Gasteiger partial charge in [-0.3, -0.25) is 4.79 Å². The predicted octanol–water partition coefficient (Wildman–Crippen LogP) is 1.36. The number of carbonyl (C=O) groups is 1. The smallest absolute Gasteiger partial charge is 0.228 e. The molecule has 1 atom stereocenters. The van der Waals surface area contributed by atoms with Crippen LogP contribution in [-0.4, -0.2) is 57.7 Å². The monoisotopic (exact) mass is 392 g/mol. The number of rotatable bonds is 6. The standard InChI is InChI=1S/C17H24N6O3S/c1-3-10-27(25,26)22-9-5-6-14(12-22)17(24)18-15-7-4-8-16(11-15)23-13(2)19-20-21-23/h4,7-8,11,14H,3,5-6,9-10,12H2,1-2H3,(H,18,24)/t14-/m0/s1. The Labute approximate surface area is 158 Å². The third kappa shape index (κ3) is 4.51. The van der Waals surface area contributed by atoms with E-state index >= 15 is 0 Å². The summed E-state index contributed by atoms with van der Waals surface area (Å²) in [6.45, 7) is 4.35. The van der Waals surface area contributed by atoms with Gasteiger partial charge in [-0.2, -0.15) is 4.68 Å². The predicted molar refractivity (Wildman–Crippen MR) is 101 cm³/mol. The fourth-order valence-electron chi connectivity index (χ4n) is 3.23. The molecule has 3 rings (SSSR count). The number of carbonyl (C=O) groups excluding carboxylic acids is 1. The van der Waals surface area contributed by atoms with E-state index < -0.39 is 10.0 Å². The minimum Gasteiger partial charge on any atom is -0.326 e. The maximum atomic E-state index is 12.7. The Morgan fingerprint density at radius 1 is 1.37 bits per heavy atom. The molecule has 1 aliphatic heterocycles. The number of nitrogens with zero attached hydrogens (tertiary/aromatic N) is 5. The van der Waals surface area contributed by atoms with E-state index in [4.69, 9.17) is 0 Å². The molecule has 0 bridgehead atoms. The molecule has 1 N–H and O–H groups in total. The highest BCUT2D eigenvalue weighted by atomic mass is 32.2. The molecule has 1 fully saturated rings. The zero-order chi connectivity index (χ0) is 19.4. The maximum Gasteiger partial charge on any atom is 0.228 e. The Kier molecular flexibility index (Phi) is 5.85. The normalized spacial score (nSPS) is 18.4. The zero-order valence-electron chi connectivity index (χ0n) is 15.5. The van der Waals surface area contributed by atoms with Crippen molar-refractivity contribution in [2.24, 2.45) is 5.92 Å². The highest BCUT2D eigenvalue weighted by molar-refractivity contribution is 7.89. The number of tetrazole rings is 1. The first-order valence-corrected chi connectivity index (χ1v) is 10.7. The molecule has 1 aromatic heterocycles. The number of anilines is 1. The molecule has 10 heteroatoms. The Balaban J connectivity index is 1.69. The molecule has 1 aromatic carbocycles. The minimum absolute atomic E-state index is 0.120. The number of aromatic nitrogens is 4. The van der Waals surface area contributed by atoms with Gasteiger partial charge in [0.05, 0.1) is 17.4 Å². The van der Waals surface area contributed by atoms with Gasteiger partial charge >= 0.3 is 0 Å². The van der Waals surface area contributed by atoms with Crippen molar-refractivity contribution < 1.29 is 13.2 Å². The molecule has 9 nitrogen and oxygen atoms in total. The summed E-state index contributed by atoms with van der Waals surface area (Å²) < 4.78 is 27.6. The van der Waals surface area contributed by atoms with E-state index in [9.17, 15) is 13.2 Å². The lowest BCUT2D eigenvalue weighted by Crippen LogP contribution is -2.44. The number of sulfonamides is 1. The second-order valence-corrected chi connectivity index (χ2v) is 8.78. The topological polar surface area (TPSA) is 110 Å². The van der Waals surface area contributed by atoms with Gasteiger partial charge < -0.3 is 5.32 Å². The van der Waals surface area contributed by atoms with Crippen molar-refractivity contribution in [2.45, 2.75) is 33.1 Å². The van der Waals surface area contributed by atoms with Crippen LogP contribution in [-0.2, 0) is 14.8 Å². The van der Waals surface area contributed by atoms with Gasteiger partial charge in [0.15, 0.2) is 5.82 Å². The lowest BCUT2D eigenvalue weighted by atomic mass is 9.98. The summed E-state index contributed by atoms with van der Waals surface area (Å²) in [5, 5.41) is 14.3. The Bertz CT molecular complexity index is 911. The van der Waals surface area contributed by atoms with E-state index in [0.717, 1.165) is 5.69 Å². The lowest BCUT2D eigenvalue weighted by molar-refractivity contribution is -0.120. The van der Waals surface area contributed by atoms with Crippen molar-refractivity contribution in [3.05, 3.63) is 30.1 Å². The maximum absolute atomic E-state index is 12.7. The van der Waals surface area contributed by atoms with Gasteiger partial charge in [0.2, 0.25) is 15.9 Å². The third-order valence-electron chi connectivity index (χ3n) is 4.59. The van der Waals surface area contributed by atoms with E-state index in [0.29, 0.717) is 37.3 Å². The van der Waals surface area contributed by atoms with Crippen molar-refractivity contribution in [3.8, 4) is 5.69 Å². The van der Waals surface area contributed by atoms with Crippen molar-refractivity contribution >= 4 is 21.6 Å². The molecule has 2 heterocycles. The quantitative estimate of drug-likeness (QED) is 0.795. The molecule has 1 aliphatic rings. The van der Waals surface area contributed by atoms with Crippen LogP contribution < -0.4 is 5.32 Å². The van der Waals surface area contributed by atoms with Crippen LogP contribution in [0, 0.1) is 12.8 Å². The van der Waals surface area contributed by atoms with Gasteiger partial charge in [-0.05, 0) is 54.8 Å². The summed E-state index contributed by atoms with van der Waals surface area (Å²) in [6.07, 6.45) is 1.93. The van der Waals surface area contributed by atoms with Gasteiger partial charge in [0.1, 0.15) is 0 Å². The molecule has 0 saturated carbocycles. The molecule has 0 aliphatic carbocycles. The molecule has 0 spiro atoms. The number of hydrogen-bond donors (Lipinski definition) is 1. The molecule has 0 radical (unpaired) electrons. The van der Waals surface area contributed by atoms with E-state index in [-0.39, 0.29) is 24.1 Å². The SMILES string of the molecule is CCCS(=O)(=O)N1CCC[C@H](C(=O)Nc2cccc(-n3nnnc3C)c2)C1. The van der Waals surface area contributed by atoms with Crippen LogP contribution in [0.3, 0.4) is 0 Å². The third-order valence-corrected chi connectivity index (χ3v) is 6.64. The first-order valence-electron chi connectivity index (χ1n) is 9.05. The van der Waals surface area contributed by atoms with E-state index in [1.54, 1.807) is 23.7 Å². The number of aryl methyl sites for hydroxylation is 1. The van der Waals surface area contributed by atoms with E-state index in [1.165, 1.54) is 4.31 Å². The van der Waals surface area contributed by atoms with Gasteiger partial charge in [-0.1, -0.05) is 13.0 Å². The van der Waals surface area contributed by atoms with Crippen molar-refractivity contribution in [1.82, 2.24) is 24.5 Å². The largest absolute Gasteiger partial charge is 0.326 e. The molecule has 0 unspecified atom stereocenters. The number of benzene rings is 1. The molecule has 146 valence electrons. The summed E-state index contributed by atoms with van der Waals surface area (Å²) in [7, 11) is -3.29. The second kappa shape index (κ2) is 8.13. The average molecular weight is 392 g/mol. The zero-order valence-corrected chi connectivity index (χ0v) is 16.3. The van der Waals surface area contributed by atoms with E-state index in [2.05, 4.69) is 20.8 Å². The van der Waals surface area contributed by atoms with Crippen LogP contribution in [0.15, 0.2) is 24.3 Å². The van der Waals surface area contributed by atoms with E-state index in [1.807, 2.05) is 19.1 Å². The fraction of sp³-hybridized carbons (Fsp3) is 0.529. The Morgan fingerprint density at radius 3 is 2.89 bits per heavy atom. The van der Waals surface area contributed by atoms with Gasteiger partial charge in [0.25, 0.3) is 0 Å². The summed E-state index contributed by atoms with van der Waals surface area (Å²) >= 11 is 0. The highest BCUT2D eigenvalue weighted by Gasteiger charge is 2.31. The molecular formula is C17H24N6O3S. The summed E-state index contributed by atoms with van der Waals surface area (Å²) in [6, 6.07) is 7.23. The Morgan fingerprint density at radius 2 is 2.19 bits per heavy atom. The lowest BCUT2D eigenvalue weighted by Gasteiger charge is -2.31. The van der Waals surface area contributed by atoms with Crippen LogP contribution in [0.1, 0.15) is 32.0 Å². The number of hydrogen-bond acceptors (Lipinski definition) is 6. The fourth-order valence-corrected chi connectivity index (χ4v) is 4.81. The van der Waals surface area contributed by atoms with Crippen molar-refractivity contribution in [1.29, 1.82) is 0 Å². The second-order valence-electron chi connectivity index (χ2n) is 6.69. The van der Waals surface area contributed by atoms with Crippen LogP contribution in [0.25, 0.3) is 5.69 Å². The summed E-state index contributed by atoms with van der Waals surface area (Å²) in [4.78, 5) is 12.7. The van der Waals surface area contributed by atoms with Gasteiger partial charge in [-0.25, -0.2) is 12.7 Å². The molecule has 2 aromatic rings. The van der Waals surface area contributed by atoms with Crippen LogP contribution in [0.5, 0.6) is 0 Å². The number of piperidine rings is 1. The molecule has 1 amide bonds. The molecule has 27 heavy (non-hydrogen) atoms. The minimum atomic E-state index is -3.29. The van der Waals surface area contributed by atoms with Gasteiger partial charge in [-0.15, -0.1) is 5.10 Å². The first kappa shape index (κ1) is 19.4. The molecular weight excluding hydrogens is 368 g/mol. The Hall–Kier alpha value is -2.33. The van der Waals surface area contributed by atoms with Crippen molar-refractivity contribution in [2.75, 3.05) is 24.2 Å². The highest BCUT2D eigenvalue weighted by Crippen LogP contribution is 2.22. The number of nitrogens with one attached hydrogen (secondary N) is 1.